The highest BCUT2D eigenvalue weighted by molar-refractivity contribution is 6.62. The summed E-state index contributed by atoms with van der Waals surface area (Å²) in [6, 6.07) is 7.26. The molecule has 1 amide bonds. The van der Waals surface area contributed by atoms with Gasteiger partial charge < -0.3 is 20.4 Å². The molecule has 2 rings (SSSR count). The highest BCUT2D eigenvalue weighted by atomic mass is 16.7. The Bertz CT molecular complexity index is 498. The van der Waals surface area contributed by atoms with Crippen LogP contribution >= 0.6 is 0 Å². The Labute approximate surface area is 126 Å². The first-order valence-electron chi connectivity index (χ1n) is 7.21. The molecule has 0 radical (unpaired) electrons. The van der Waals surface area contributed by atoms with E-state index in [9.17, 15) is 4.79 Å². The van der Waals surface area contributed by atoms with E-state index in [-0.39, 0.29) is 17.1 Å². The lowest BCUT2D eigenvalue weighted by Crippen LogP contribution is -2.41. The van der Waals surface area contributed by atoms with Crippen LogP contribution in [0.25, 0.3) is 0 Å². The minimum atomic E-state index is -0.406. The highest BCUT2D eigenvalue weighted by Crippen LogP contribution is 2.36. The van der Waals surface area contributed by atoms with Gasteiger partial charge in [0.15, 0.2) is 0 Å². The fourth-order valence-corrected chi connectivity index (χ4v) is 2.06. The van der Waals surface area contributed by atoms with Crippen LogP contribution in [-0.4, -0.2) is 37.3 Å². The van der Waals surface area contributed by atoms with Crippen molar-refractivity contribution in [2.45, 2.75) is 38.9 Å². The average molecular weight is 290 g/mol. The van der Waals surface area contributed by atoms with Crippen molar-refractivity contribution in [1.29, 1.82) is 0 Å². The summed E-state index contributed by atoms with van der Waals surface area (Å²) in [5.41, 5.74) is 6.14. The lowest BCUT2D eigenvalue weighted by molar-refractivity contribution is 0.00578. The van der Waals surface area contributed by atoms with Crippen LogP contribution in [0.4, 0.5) is 0 Å². The molecule has 1 aromatic carbocycles. The molecule has 1 heterocycles. The summed E-state index contributed by atoms with van der Waals surface area (Å²) in [7, 11) is -0.406. The smallest absolute Gasteiger partial charge is 0.399 e. The molecule has 0 unspecified atom stereocenters. The fourth-order valence-electron chi connectivity index (χ4n) is 2.06. The molecule has 5 nitrogen and oxygen atoms in total. The average Bonchev–Trinajstić information content (AvgIpc) is 2.65. The molecule has 1 saturated heterocycles. The molecule has 0 aliphatic carbocycles. The predicted octanol–water partition coefficient (Wildman–Crippen LogP) is 0.674. The van der Waals surface area contributed by atoms with E-state index in [0.29, 0.717) is 18.7 Å². The van der Waals surface area contributed by atoms with Gasteiger partial charge in [-0.1, -0.05) is 12.1 Å². The number of hydrogen-bond acceptors (Lipinski definition) is 4. The van der Waals surface area contributed by atoms with E-state index in [1.807, 2.05) is 39.8 Å². The molecule has 21 heavy (non-hydrogen) atoms. The van der Waals surface area contributed by atoms with Gasteiger partial charge in [-0.25, -0.2) is 0 Å². The molecule has 3 N–H and O–H groups in total. The minimum absolute atomic E-state index is 0.124. The second-order valence-corrected chi connectivity index (χ2v) is 6.25. The zero-order chi connectivity index (χ0) is 15.7. The van der Waals surface area contributed by atoms with Crippen LogP contribution in [0.3, 0.4) is 0 Å². The summed E-state index contributed by atoms with van der Waals surface area (Å²) >= 11 is 0. The van der Waals surface area contributed by atoms with Crippen molar-refractivity contribution in [3.05, 3.63) is 29.8 Å². The Morgan fingerprint density at radius 1 is 1.14 bits per heavy atom. The Hall–Kier alpha value is -1.37. The molecule has 0 spiro atoms. The number of amides is 1. The van der Waals surface area contributed by atoms with Crippen LogP contribution in [0.2, 0.25) is 0 Å². The largest absolute Gasteiger partial charge is 0.494 e. The maximum atomic E-state index is 11.8. The van der Waals surface area contributed by atoms with Crippen LogP contribution < -0.4 is 16.5 Å². The zero-order valence-corrected chi connectivity index (χ0v) is 13.1. The third-order valence-corrected chi connectivity index (χ3v) is 4.13. The second-order valence-electron chi connectivity index (χ2n) is 6.25. The number of carbonyl (C=O) groups excluding carboxylic acids is 1. The van der Waals surface area contributed by atoms with E-state index in [1.165, 1.54) is 0 Å². The summed E-state index contributed by atoms with van der Waals surface area (Å²) in [6.07, 6.45) is 0. The van der Waals surface area contributed by atoms with Gasteiger partial charge in [-0.15, -0.1) is 0 Å². The van der Waals surface area contributed by atoms with Gasteiger partial charge in [0.1, 0.15) is 0 Å². The Morgan fingerprint density at radius 2 is 1.67 bits per heavy atom. The summed E-state index contributed by atoms with van der Waals surface area (Å²) in [4.78, 5) is 11.8. The van der Waals surface area contributed by atoms with Crippen molar-refractivity contribution >= 4 is 18.5 Å². The number of nitrogens with two attached hydrogens (primary N) is 1. The van der Waals surface area contributed by atoms with Crippen LogP contribution in [-0.2, 0) is 9.31 Å². The van der Waals surface area contributed by atoms with E-state index in [0.717, 1.165) is 5.46 Å². The van der Waals surface area contributed by atoms with E-state index >= 15 is 0 Å². The third kappa shape index (κ3) is 3.28. The fraction of sp³-hybridized carbons (Fsp3) is 0.533. The van der Waals surface area contributed by atoms with Gasteiger partial charge in [0.2, 0.25) is 0 Å². The van der Waals surface area contributed by atoms with Gasteiger partial charge in [-0.05, 0) is 45.3 Å². The molecular formula is C15H23BN2O3. The third-order valence-electron chi connectivity index (χ3n) is 4.13. The molecule has 1 fully saturated rings. The lowest BCUT2D eigenvalue weighted by atomic mass is 9.79. The maximum Gasteiger partial charge on any atom is 0.494 e. The van der Waals surface area contributed by atoms with E-state index < -0.39 is 7.12 Å². The minimum Gasteiger partial charge on any atom is -0.399 e. The van der Waals surface area contributed by atoms with E-state index in [4.69, 9.17) is 15.0 Å². The molecule has 114 valence electrons. The Kier molecular flexibility index (Phi) is 4.42. The first kappa shape index (κ1) is 16.0. The summed E-state index contributed by atoms with van der Waals surface area (Å²) in [5.74, 6) is -0.124. The molecule has 6 heteroatoms. The van der Waals surface area contributed by atoms with Gasteiger partial charge in [0.05, 0.1) is 11.2 Å². The van der Waals surface area contributed by atoms with Crippen LogP contribution in [0.5, 0.6) is 0 Å². The molecule has 0 aromatic heterocycles. The first-order chi connectivity index (χ1) is 9.77. The predicted molar refractivity (Wildman–Crippen MR) is 83.5 cm³/mol. The first-order valence-corrected chi connectivity index (χ1v) is 7.21. The monoisotopic (exact) mass is 290 g/mol. The molecule has 0 bridgehead atoms. The topological polar surface area (TPSA) is 73.6 Å². The molecule has 1 aromatic rings. The van der Waals surface area contributed by atoms with Gasteiger partial charge >= 0.3 is 7.12 Å². The highest BCUT2D eigenvalue weighted by Gasteiger charge is 2.51. The molecule has 1 aliphatic heterocycles. The number of rotatable bonds is 4. The second kappa shape index (κ2) is 5.79. The number of benzene rings is 1. The summed E-state index contributed by atoms with van der Waals surface area (Å²) < 4.78 is 12.0. The zero-order valence-electron chi connectivity index (χ0n) is 13.1. The van der Waals surface area contributed by atoms with Gasteiger partial charge in [-0.2, -0.15) is 0 Å². The van der Waals surface area contributed by atoms with Crippen molar-refractivity contribution in [2.75, 3.05) is 13.1 Å². The van der Waals surface area contributed by atoms with Gasteiger partial charge in [-0.3, -0.25) is 4.79 Å². The molecule has 0 saturated carbocycles. The molecule has 0 atom stereocenters. The molecular weight excluding hydrogens is 267 g/mol. The van der Waals surface area contributed by atoms with Crippen LogP contribution in [0, 0.1) is 0 Å². The van der Waals surface area contributed by atoms with Gasteiger partial charge in [0.25, 0.3) is 5.91 Å². The number of nitrogens with one attached hydrogen (secondary N) is 1. The summed E-state index contributed by atoms with van der Waals surface area (Å²) in [6.45, 7) is 8.96. The molecule has 1 aliphatic rings. The lowest BCUT2D eigenvalue weighted by Gasteiger charge is -2.32. The standard InChI is InChI=1S/C15H23BN2O3/c1-14(2)15(3,4)21-16(20-14)12-7-5-11(6-8-12)13(19)18-10-9-17/h5-8H,9-10,17H2,1-4H3,(H,18,19). The van der Waals surface area contributed by atoms with E-state index in [2.05, 4.69) is 5.32 Å². The van der Waals surface area contributed by atoms with Crippen molar-refractivity contribution in [1.82, 2.24) is 5.32 Å². The van der Waals surface area contributed by atoms with Crippen molar-refractivity contribution in [3.63, 3.8) is 0 Å². The van der Waals surface area contributed by atoms with Gasteiger partial charge in [0, 0.05) is 18.7 Å². The quantitative estimate of drug-likeness (QED) is 0.800. The number of hydrogen-bond donors (Lipinski definition) is 2. The SMILES string of the molecule is CC1(C)OB(c2ccc(C(=O)NCCN)cc2)OC1(C)C. The van der Waals surface area contributed by atoms with Crippen molar-refractivity contribution in [3.8, 4) is 0 Å². The maximum absolute atomic E-state index is 11.8. The number of carbonyl (C=O) groups is 1. The Morgan fingerprint density at radius 3 is 2.14 bits per heavy atom. The normalized spacial score (nSPS) is 19.6. The summed E-state index contributed by atoms with van der Waals surface area (Å²) in [5, 5.41) is 2.74. The van der Waals surface area contributed by atoms with Crippen molar-refractivity contribution in [2.24, 2.45) is 5.73 Å². The Balaban J connectivity index is 2.09. The van der Waals surface area contributed by atoms with Crippen molar-refractivity contribution < 1.29 is 14.1 Å². The van der Waals surface area contributed by atoms with Crippen LogP contribution in [0.1, 0.15) is 38.1 Å². The van der Waals surface area contributed by atoms with Crippen LogP contribution in [0.15, 0.2) is 24.3 Å². The van der Waals surface area contributed by atoms with E-state index in [1.54, 1.807) is 12.1 Å².